The van der Waals surface area contributed by atoms with Crippen LogP contribution >= 0.6 is 11.6 Å². The van der Waals surface area contributed by atoms with Crippen molar-refractivity contribution in [3.8, 4) is 0 Å². The minimum absolute atomic E-state index is 0.125. The maximum atomic E-state index is 12.4. The second kappa shape index (κ2) is 6.61. The lowest BCUT2D eigenvalue weighted by atomic mass is 9.95. The van der Waals surface area contributed by atoms with Crippen molar-refractivity contribution in [1.29, 1.82) is 0 Å². The average molecular weight is 373 g/mol. The zero-order valence-corrected chi connectivity index (χ0v) is 14.3. The van der Waals surface area contributed by atoms with E-state index in [4.69, 9.17) is 11.6 Å². The Morgan fingerprint density at radius 3 is 2.46 bits per heavy atom. The monoisotopic (exact) mass is 372 g/mol. The maximum absolute atomic E-state index is 12.4. The van der Waals surface area contributed by atoms with Crippen molar-refractivity contribution >= 4 is 34.7 Å². The molecule has 1 aliphatic rings. The number of Topliss-reactive ketones (excluding diaryl/α,β-unsaturated/α-hetero) is 1. The van der Waals surface area contributed by atoms with Crippen molar-refractivity contribution < 1.29 is 19.6 Å². The second-order valence-corrected chi connectivity index (χ2v) is 6.21. The topological polar surface area (TPSA) is 101 Å². The van der Waals surface area contributed by atoms with Crippen molar-refractivity contribution in [2.24, 2.45) is 0 Å². The highest BCUT2D eigenvalue weighted by atomic mass is 35.5. The molecular weight excluding hydrogens is 360 g/mol. The Bertz CT molecular complexity index is 952. The summed E-state index contributed by atoms with van der Waals surface area (Å²) >= 11 is 5.83. The van der Waals surface area contributed by atoms with Crippen LogP contribution in [0, 0.1) is 10.1 Å². The highest BCUT2D eigenvalue weighted by Crippen LogP contribution is 2.39. The fraction of sp³-hybridized carbons (Fsp3) is 0.111. The van der Waals surface area contributed by atoms with Crippen molar-refractivity contribution in [2.75, 3.05) is 7.05 Å². The van der Waals surface area contributed by atoms with Gasteiger partial charge in [0.15, 0.2) is 0 Å². The van der Waals surface area contributed by atoms with Gasteiger partial charge < -0.3 is 10.0 Å². The van der Waals surface area contributed by atoms with Crippen LogP contribution in [-0.4, -0.2) is 33.7 Å². The molecule has 1 unspecified atom stereocenters. The lowest BCUT2D eigenvalue weighted by Gasteiger charge is -2.20. The number of ketones is 1. The third kappa shape index (κ3) is 2.93. The summed E-state index contributed by atoms with van der Waals surface area (Å²) in [6, 6.07) is 10.8. The van der Waals surface area contributed by atoms with Gasteiger partial charge in [-0.1, -0.05) is 23.7 Å². The molecular formula is C18H13ClN2O5. The van der Waals surface area contributed by atoms with Gasteiger partial charge in [0.05, 0.1) is 16.5 Å². The molecule has 26 heavy (non-hydrogen) atoms. The minimum atomic E-state index is -0.925. The van der Waals surface area contributed by atoms with Crippen LogP contribution in [0.15, 0.2) is 54.1 Å². The molecule has 1 atom stereocenters. The molecule has 2 aromatic rings. The summed E-state index contributed by atoms with van der Waals surface area (Å²) in [6.07, 6.45) is 0. The van der Waals surface area contributed by atoms with Crippen LogP contribution in [0.1, 0.15) is 17.2 Å². The third-order valence-corrected chi connectivity index (χ3v) is 4.44. The Morgan fingerprint density at radius 2 is 1.85 bits per heavy atom. The van der Waals surface area contributed by atoms with Gasteiger partial charge in [0, 0.05) is 29.8 Å². The van der Waals surface area contributed by atoms with Crippen LogP contribution in [0.5, 0.6) is 0 Å². The predicted octanol–water partition coefficient (Wildman–Crippen LogP) is 3.30. The third-order valence-electron chi connectivity index (χ3n) is 4.19. The number of carbonyl (C=O) groups excluding carboxylic acids is 2. The van der Waals surface area contributed by atoms with E-state index in [2.05, 4.69) is 0 Å². The summed E-state index contributed by atoms with van der Waals surface area (Å²) in [6.45, 7) is 0. The summed E-state index contributed by atoms with van der Waals surface area (Å²) in [5.74, 6) is -2.01. The first kappa shape index (κ1) is 17.6. The van der Waals surface area contributed by atoms with E-state index in [-0.39, 0.29) is 17.0 Å². The normalized spacial score (nSPS) is 19.0. The number of rotatable bonds is 3. The zero-order valence-electron chi connectivity index (χ0n) is 13.5. The van der Waals surface area contributed by atoms with Crippen LogP contribution in [0.3, 0.4) is 0 Å². The molecule has 1 N–H and O–H groups in total. The Kier molecular flexibility index (Phi) is 4.48. The zero-order chi connectivity index (χ0) is 19.0. The summed E-state index contributed by atoms with van der Waals surface area (Å²) < 4.78 is 0. The number of carbonyl (C=O) groups is 2. The predicted molar refractivity (Wildman–Crippen MR) is 94.6 cm³/mol. The molecule has 0 spiro atoms. The molecule has 0 saturated carbocycles. The van der Waals surface area contributed by atoms with E-state index in [0.29, 0.717) is 16.1 Å². The fourth-order valence-corrected chi connectivity index (χ4v) is 3.04. The number of benzene rings is 2. The van der Waals surface area contributed by atoms with E-state index in [1.165, 1.54) is 37.4 Å². The highest BCUT2D eigenvalue weighted by Gasteiger charge is 2.44. The largest absolute Gasteiger partial charge is 0.507 e. The van der Waals surface area contributed by atoms with E-state index in [0.717, 1.165) is 4.90 Å². The number of non-ortho nitro benzene ring substituents is 1. The van der Waals surface area contributed by atoms with Gasteiger partial charge in [0.2, 0.25) is 0 Å². The molecule has 7 nitrogen and oxygen atoms in total. The Hall–Kier alpha value is -3.19. The Balaban J connectivity index is 2.18. The molecule has 1 aliphatic heterocycles. The first-order valence-electron chi connectivity index (χ1n) is 7.56. The van der Waals surface area contributed by atoms with Crippen LogP contribution < -0.4 is 0 Å². The standard InChI is InChI=1S/C18H13ClN2O5/c1-20-15(11-3-2-4-13(9-11)21(25)26)14(17(23)18(20)24)16(22)10-5-7-12(19)8-6-10/h2-9,15,22H,1H3. The van der Waals surface area contributed by atoms with E-state index < -0.39 is 22.7 Å². The molecule has 0 bridgehead atoms. The first-order valence-corrected chi connectivity index (χ1v) is 7.94. The molecule has 8 heteroatoms. The molecule has 0 aliphatic carbocycles. The molecule has 0 aromatic heterocycles. The lowest BCUT2D eigenvalue weighted by Crippen LogP contribution is -2.24. The van der Waals surface area contributed by atoms with Crippen molar-refractivity contribution in [3.05, 3.63) is 80.4 Å². The number of halogens is 1. The van der Waals surface area contributed by atoms with Crippen LogP contribution in [0.2, 0.25) is 5.02 Å². The van der Waals surface area contributed by atoms with Gasteiger partial charge in [-0.15, -0.1) is 0 Å². The van der Waals surface area contributed by atoms with Crippen molar-refractivity contribution in [2.45, 2.75) is 6.04 Å². The Labute approximate surface area is 153 Å². The van der Waals surface area contributed by atoms with E-state index in [1.54, 1.807) is 18.2 Å². The van der Waals surface area contributed by atoms with Gasteiger partial charge in [-0.25, -0.2) is 0 Å². The first-order chi connectivity index (χ1) is 12.3. The van der Waals surface area contributed by atoms with Gasteiger partial charge >= 0.3 is 0 Å². The SMILES string of the molecule is CN1C(=O)C(=O)C(=C(O)c2ccc(Cl)cc2)C1c1cccc([N+](=O)[O-])c1. The molecule has 1 amide bonds. The molecule has 132 valence electrons. The van der Waals surface area contributed by atoms with Crippen LogP contribution in [0.4, 0.5) is 5.69 Å². The van der Waals surface area contributed by atoms with E-state index in [9.17, 15) is 24.8 Å². The molecule has 3 rings (SSSR count). The highest BCUT2D eigenvalue weighted by molar-refractivity contribution is 6.46. The smallest absolute Gasteiger partial charge is 0.295 e. The summed E-state index contributed by atoms with van der Waals surface area (Å²) in [5.41, 5.74) is 0.376. The molecule has 1 saturated heterocycles. The minimum Gasteiger partial charge on any atom is -0.507 e. The van der Waals surface area contributed by atoms with Gasteiger partial charge in [-0.2, -0.15) is 0 Å². The molecule has 1 fully saturated rings. The summed E-state index contributed by atoms with van der Waals surface area (Å²) in [5, 5.41) is 22.1. The number of hydrogen-bond donors (Lipinski definition) is 1. The molecule has 2 aromatic carbocycles. The van der Waals surface area contributed by atoms with Gasteiger partial charge in [-0.05, 0) is 29.8 Å². The van der Waals surface area contributed by atoms with Crippen LogP contribution in [-0.2, 0) is 9.59 Å². The van der Waals surface area contributed by atoms with Gasteiger partial charge in [-0.3, -0.25) is 19.7 Å². The van der Waals surface area contributed by atoms with E-state index in [1.807, 2.05) is 0 Å². The van der Waals surface area contributed by atoms with Crippen LogP contribution in [0.25, 0.3) is 5.76 Å². The van der Waals surface area contributed by atoms with Gasteiger partial charge in [0.25, 0.3) is 17.4 Å². The summed E-state index contributed by atoms with van der Waals surface area (Å²) in [4.78, 5) is 36.2. The molecule has 0 radical (unpaired) electrons. The lowest BCUT2D eigenvalue weighted by molar-refractivity contribution is -0.384. The number of likely N-dealkylation sites (tertiary alicyclic amines) is 1. The molecule has 1 heterocycles. The number of likely N-dealkylation sites (N-methyl/N-ethyl adjacent to an activating group) is 1. The average Bonchev–Trinajstić information content (AvgIpc) is 2.86. The quantitative estimate of drug-likeness (QED) is 0.293. The number of aliphatic hydroxyl groups excluding tert-OH is 1. The fourth-order valence-electron chi connectivity index (χ4n) is 2.91. The summed E-state index contributed by atoms with van der Waals surface area (Å²) in [7, 11) is 1.41. The number of hydrogen-bond acceptors (Lipinski definition) is 5. The number of nitro benzene ring substituents is 1. The number of nitrogens with zero attached hydrogens (tertiary/aromatic N) is 2. The van der Waals surface area contributed by atoms with Crippen molar-refractivity contribution in [1.82, 2.24) is 4.90 Å². The maximum Gasteiger partial charge on any atom is 0.295 e. The number of aliphatic hydroxyl groups is 1. The number of nitro groups is 1. The van der Waals surface area contributed by atoms with Crippen molar-refractivity contribution in [3.63, 3.8) is 0 Å². The van der Waals surface area contributed by atoms with Gasteiger partial charge in [0.1, 0.15) is 5.76 Å². The second-order valence-electron chi connectivity index (χ2n) is 5.77. The van der Waals surface area contributed by atoms with E-state index >= 15 is 0 Å². The number of amides is 1. The Morgan fingerprint density at radius 1 is 1.19 bits per heavy atom.